The van der Waals surface area contributed by atoms with E-state index in [0.29, 0.717) is 0 Å². The minimum atomic E-state index is 0. The number of hydrogen-bond acceptors (Lipinski definition) is 4. The minimum Gasteiger partial charge on any atom is -0.357 e. The molecule has 0 aliphatic carbocycles. The first-order valence-electron chi connectivity index (χ1n) is 10.6. The molecule has 8 heteroatoms. The van der Waals surface area contributed by atoms with Gasteiger partial charge in [0.05, 0.1) is 5.69 Å². The van der Waals surface area contributed by atoms with Gasteiger partial charge in [-0.15, -0.1) is 24.0 Å². The van der Waals surface area contributed by atoms with E-state index in [2.05, 4.69) is 43.9 Å². The highest BCUT2D eigenvalue weighted by atomic mass is 127. The summed E-state index contributed by atoms with van der Waals surface area (Å²) in [6, 6.07) is 6.10. The molecule has 0 radical (unpaired) electrons. The van der Waals surface area contributed by atoms with Gasteiger partial charge in [-0.3, -0.25) is 4.99 Å². The zero-order valence-electron chi connectivity index (χ0n) is 17.3. The van der Waals surface area contributed by atoms with Crippen LogP contribution in [0.15, 0.2) is 35.6 Å². The molecule has 4 heterocycles. The summed E-state index contributed by atoms with van der Waals surface area (Å²) in [7, 11) is 0. The highest BCUT2D eigenvalue weighted by molar-refractivity contribution is 14.0. The summed E-state index contributed by atoms with van der Waals surface area (Å²) < 4.78 is 2.32. The molecule has 29 heavy (non-hydrogen) atoms. The van der Waals surface area contributed by atoms with Gasteiger partial charge in [-0.25, -0.2) is 9.97 Å². The number of piperazine rings is 1. The number of hydrogen-bond donors (Lipinski definition) is 1. The first-order valence-corrected chi connectivity index (χ1v) is 10.6. The molecule has 0 aromatic carbocycles. The Labute approximate surface area is 190 Å². The molecule has 1 fully saturated rings. The number of imidazole rings is 1. The number of rotatable bonds is 5. The molecule has 0 spiro atoms. The van der Waals surface area contributed by atoms with Crippen LogP contribution in [0.3, 0.4) is 0 Å². The summed E-state index contributed by atoms with van der Waals surface area (Å²) in [5.41, 5.74) is 1.18. The number of anilines is 1. The van der Waals surface area contributed by atoms with Gasteiger partial charge < -0.3 is 19.7 Å². The molecule has 1 saturated heterocycles. The van der Waals surface area contributed by atoms with Gasteiger partial charge in [0, 0.05) is 71.0 Å². The normalized spacial score (nSPS) is 16.9. The summed E-state index contributed by atoms with van der Waals surface area (Å²) >= 11 is 0. The van der Waals surface area contributed by atoms with Crippen molar-refractivity contribution in [1.82, 2.24) is 24.8 Å². The van der Waals surface area contributed by atoms with E-state index in [0.717, 1.165) is 70.4 Å². The average Bonchev–Trinajstić information content (AvgIpc) is 3.17. The van der Waals surface area contributed by atoms with Crippen molar-refractivity contribution >= 4 is 35.8 Å². The van der Waals surface area contributed by atoms with Gasteiger partial charge in [0.15, 0.2) is 5.96 Å². The van der Waals surface area contributed by atoms with Gasteiger partial charge in [-0.2, -0.15) is 0 Å². The molecule has 0 atom stereocenters. The summed E-state index contributed by atoms with van der Waals surface area (Å²) in [5.74, 6) is 3.34. The number of fused-ring (bicyclic) bond motifs is 1. The van der Waals surface area contributed by atoms with Crippen molar-refractivity contribution in [1.29, 1.82) is 0 Å². The molecule has 4 rings (SSSR count). The van der Waals surface area contributed by atoms with E-state index < -0.39 is 0 Å². The predicted octanol–water partition coefficient (Wildman–Crippen LogP) is 2.56. The summed E-state index contributed by atoms with van der Waals surface area (Å²) in [6.07, 6.45) is 8.65. The number of aryl methyl sites for hydroxylation is 2. The van der Waals surface area contributed by atoms with Gasteiger partial charge in [-0.05, 0) is 31.9 Å². The Hall–Kier alpha value is -1.84. The second kappa shape index (κ2) is 10.8. The van der Waals surface area contributed by atoms with Crippen LogP contribution >= 0.6 is 24.0 Å². The van der Waals surface area contributed by atoms with Crippen LogP contribution in [0.25, 0.3) is 0 Å². The number of nitrogens with one attached hydrogen (secondary N) is 1. The molecule has 0 saturated carbocycles. The average molecular weight is 509 g/mol. The lowest BCUT2D eigenvalue weighted by atomic mass is 10.2. The van der Waals surface area contributed by atoms with Crippen LogP contribution in [-0.4, -0.2) is 64.7 Å². The van der Waals surface area contributed by atoms with Gasteiger partial charge in [0.25, 0.3) is 0 Å². The molecule has 7 nitrogen and oxygen atoms in total. The number of guanidine groups is 1. The Morgan fingerprint density at radius 3 is 2.72 bits per heavy atom. The van der Waals surface area contributed by atoms with Crippen molar-refractivity contribution in [3.05, 3.63) is 42.1 Å². The Kier molecular flexibility index (Phi) is 8.14. The van der Waals surface area contributed by atoms with Crippen molar-refractivity contribution in [2.75, 3.05) is 44.2 Å². The lowest BCUT2D eigenvalue weighted by molar-refractivity contribution is 0.371. The second-order valence-electron chi connectivity index (χ2n) is 7.45. The fraction of sp³-hybridized carbons (Fsp3) is 0.571. The SMILES string of the molecule is CCNC(=NCCc1cn2c(n1)CCCC2)N1CCN(c2ccccn2)CC1.I. The van der Waals surface area contributed by atoms with Crippen molar-refractivity contribution in [2.45, 2.75) is 39.2 Å². The van der Waals surface area contributed by atoms with E-state index in [1.807, 2.05) is 18.3 Å². The Balaban J connectivity index is 0.00000240. The van der Waals surface area contributed by atoms with Crippen LogP contribution in [0.2, 0.25) is 0 Å². The molecule has 0 unspecified atom stereocenters. The maximum Gasteiger partial charge on any atom is 0.194 e. The van der Waals surface area contributed by atoms with Crippen LogP contribution in [0.5, 0.6) is 0 Å². The maximum absolute atomic E-state index is 4.88. The van der Waals surface area contributed by atoms with Gasteiger partial charge in [0.2, 0.25) is 0 Å². The molecule has 2 aliphatic rings. The van der Waals surface area contributed by atoms with Crippen LogP contribution < -0.4 is 10.2 Å². The Morgan fingerprint density at radius 1 is 1.14 bits per heavy atom. The number of aromatic nitrogens is 3. The molecule has 0 bridgehead atoms. The topological polar surface area (TPSA) is 61.6 Å². The molecule has 1 N–H and O–H groups in total. The first kappa shape index (κ1) is 21.9. The van der Waals surface area contributed by atoms with Crippen LogP contribution in [0, 0.1) is 0 Å². The predicted molar refractivity (Wildman–Crippen MR) is 128 cm³/mol. The standard InChI is InChI=1S/C21H31N7.HI/c1-2-22-21(24-11-9-18-17-28-12-6-4-8-20(28)25-18)27-15-13-26(14-16-27)19-7-3-5-10-23-19;/h3,5,7,10,17H,2,4,6,8-9,11-16H2,1H3,(H,22,24);1H. The molecule has 2 aromatic heterocycles. The van der Waals surface area contributed by atoms with E-state index in [-0.39, 0.29) is 24.0 Å². The highest BCUT2D eigenvalue weighted by Crippen LogP contribution is 2.15. The zero-order chi connectivity index (χ0) is 19.2. The summed E-state index contributed by atoms with van der Waals surface area (Å²) in [5, 5.41) is 3.46. The van der Waals surface area contributed by atoms with E-state index >= 15 is 0 Å². The lowest BCUT2D eigenvalue weighted by Crippen LogP contribution is -2.52. The number of halogens is 1. The lowest BCUT2D eigenvalue weighted by Gasteiger charge is -2.37. The van der Waals surface area contributed by atoms with E-state index in [1.54, 1.807) is 0 Å². The fourth-order valence-corrected chi connectivity index (χ4v) is 3.98. The smallest absolute Gasteiger partial charge is 0.194 e. The van der Waals surface area contributed by atoms with Crippen molar-refractivity contribution in [3.8, 4) is 0 Å². The summed E-state index contributed by atoms with van der Waals surface area (Å²) in [4.78, 5) is 18.9. The van der Waals surface area contributed by atoms with Gasteiger partial charge >= 0.3 is 0 Å². The maximum atomic E-state index is 4.88. The van der Waals surface area contributed by atoms with Gasteiger partial charge in [-0.1, -0.05) is 6.07 Å². The van der Waals surface area contributed by atoms with Crippen molar-refractivity contribution < 1.29 is 0 Å². The van der Waals surface area contributed by atoms with Crippen molar-refractivity contribution in [3.63, 3.8) is 0 Å². The summed E-state index contributed by atoms with van der Waals surface area (Å²) in [6.45, 7) is 8.77. The number of pyridine rings is 1. The Morgan fingerprint density at radius 2 is 2.00 bits per heavy atom. The number of aliphatic imine (C=N–C) groups is 1. The minimum absolute atomic E-state index is 0. The molecule has 2 aliphatic heterocycles. The molecule has 0 amide bonds. The largest absolute Gasteiger partial charge is 0.357 e. The Bertz CT molecular complexity index is 758. The van der Waals surface area contributed by atoms with E-state index in [9.17, 15) is 0 Å². The van der Waals surface area contributed by atoms with Crippen LogP contribution in [0.1, 0.15) is 31.3 Å². The third kappa shape index (κ3) is 5.61. The molecular weight excluding hydrogens is 477 g/mol. The van der Waals surface area contributed by atoms with E-state index in [1.165, 1.54) is 24.4 Å². The molecule has 158 valence electrons. The second-order valence-corrected chi connectivity index (χ2v) is 7.45. The fourth-order valence-electron chi connectivity index (χ4n) is 3.98. The monoisotopic (exact) mass is 509 g/mol. The highest BCUT2D eigenvalue weighted by Gasteiger charge is 2.20. The quantitative estimate of drug-likeness (QED) is 0.382. The van der Waals surface area contributed by atoms with Gasteiger partial charge in [0.1, 0.15) is 11.6 Å². The first-order chi connectivity index (χ1) is 13.8. The number of nitrogens with zero attached hydrogens (tertiary/aromatic N) is 6. The zero-order valence-corrected chi connectivity index (χ0v) is 19.6. The molecule has 2 aromatic rings. The third-order valence-electron chi connectivity index (χ3n) is 5.48. The van der Waals surface area contributed by atoms with Crippen LogP contribution in [-0.2, 0) is 19.4 Å². The van der Waals surface area contributed by atoms with Crippen molar-refractivity contribution in [2.24, 2.45) is 4.99 Å². The molecular formula is C21H32IN7. The van der Waals surface area contributed by atoms with E-state index in [4.69, 9.17) is 9.98 Å². The van der Waals surface area contributed by atoms with Crippen LogP contribution in [0.4, 0.5) is 5.82 Å². The third-order valence-corrected chi connectivity index (χ3v) is 5.48.